The number of anilines is 1. The summed E-state index contributed by atoms with van der Waals surface area (Å²) in [4.78, 5) is 0. The summed E-state index contributed by atoms with van der Waals surface area (Å²) in [5.41, 5.74) is 10.9. The molecule has 0 fully saturated rings. The van der Waals surface area contributed by atoms with E-state index in [1.165, 1.54) is 5.56 Å². The average molecular weight is 266 g/mol. The average Bonchev–Trinajstić information content (AvgIpc) is 2.87. The molecule has 3 rings (SSSR count). The van der Waals surface area contributed by atoms with Crippen LogP contribution in [0.5, 0.6) is 0 Å². The summed E-state index contributed by atoms with van der Waals surface area (Å²) >= 11 is 0. The number of nitrogens with zero attached hydrogens (tertiary/aromatic N) is 3. The molecule has 0 aliphatic heterocycles. The number of fused-ring (bicyclic) bond motifs is 1. The molecule has 2 N–H and O–H groups in total. The van der Waals surface area contributed by atoms with Crippen LogP contribution in [-0.4, -0.2) is 14.6 Å². The second-order valence-corrected chi connectivity index (χ2v) is 5.37. The highest BCUT2D eigenvalue weighted by atomic mass is 15.3. The Balaban J connectivity index is 2.17. The zero-order valence-electron chi connectivity index (χ0n) is 12.0. The van der Waals surface area contributed by atoms with Crippen LogP contribution in [0, 0.1) is 6.92 Å². The van der Waals surface area contributed by atoms with E-state index in [1.54, 1.807) is 0 Å². The Kier molecular flexibility index (Phi) is 2.93. The molecule has 0 atom stereocenters. The first-order valence-electron chi connectivity index (χ1n) is 6.78. The Morgan fingerprint density at radius 1 is 1.00 bits per heavy atom. The summed E-state index contributed by atoms with van der Waals surface area (Å²) in [6.07, 6.45) is 0. The standard InChI is InChI=1S/C16H18N4/c1-10(2)12-4-6-13(7-5-12)16-19-18-15-9-8-14(17)11(3)20(15)16/h4-10H,17H2,1-3H3. The molecule has 4 heteroatoms. The van der Waals surface area contributed by atoms with Crippen molar-refractivity contribution in [1.29, 1.82) is 0 Å². The molecule has 0 amide bonds. The van der Waals surface area contributed by atoms with Crippen LogP contribution in [0.25, 0.3) is 17.0 Å². The zero-order valence-corrected chi connectivity index (χ0v) is 12.0. The number of hydrogen-bond donors (Lipinski definition) is 1. The largest absolute Gasteiger partial charge is 0.397 e. The minimum Gasteiger partial charge on any atom is -0.397 e. The van der Waals surface area contributed by atoms with E-state index in [0.29, 0.717) is 5.92 Å². The summed E-state index contributed by atoms with van der Waals surface area (Å²) in [6, 6.07) is 12.2. The summed E-state index contributed by atoms with van der Waals surface area (Å²) in [5, 5.41) is 8.51. The molecule has 0 bridgehead atoms. The molecule has 2 aromatic heterocycles. The van der Waals surface area contributed by atoms with Crippen LogP contribution >= 0.6 is 0 Å². The number of aryl methyl sites for hydroxylation is 1. The van der Waals surface area contributed by atoms with Gasteiger partial charge in [0, 0.05) is 11.3 Å². The molecule has 4 nitrogen and oxygen atoms in total. The van der Waals surface area contributed by atoms with Crippen molar-refractivity contribution in [3.63, 3.8) is 0 Å². The Morgan fingerprint density at radius 3 is 2.35 bits per heavy atom. The normalized spacial score (nSPS) is 11.4. The Bertz CT molecular complexity index is 754. The molecule has 3 aromatic rings. The van der Waals surface area contributed by atoms with Crippen LogP contribution in [-0.2, 0) is 0 Å². The lowest BCUT2D eigenvalue weighted by atomic mass is 10.0. The quantitative estimate of drug-likeness (QED) is 0.773. The highest BCUT2D eigenvalue weighted by Gasteiger charge is 2.11. The molecule has 20 heavy (non-hydrogen) atoms. The molecule has 0 aliphatic carbocycles. The van der Waals surface area contributed by atoms with E-state index in [4.69, 9.17) is 5.73 Å². The molecule has 0 spiro atoms. The van der Waals surface area contributed by atoms with Gasteiger partial charge in [-0.3, -0.25) is 4.40 Å². The third-order valence-corrected chi connectivity index (χ3v) is 3.69. The van der Waals surface area contributed by atoms with Gasteiger partial charge in [0.1, 0.15) is 0 Å². The minimum atomic E-state index is 0.525. The monoisotopic (exact) mass is 266 g/mol. The first-order valence-corrected chi connectivity index (χ1v) is 6.78. The van der Waals surface area contributed by atoms with Crippen LogP contribution < -0.4 is 5.73 Å². The third-order valence-electron chi connectivity index (χ3n) is 3.69. The number of pyridine rings is 1. The van der Waals surface area contributed by atoms with E-state index in [2.05, 4.69) is 48.3 Å². The van der Waals surface area contributed by atoms with Crippen LogP contribution in [0.4, 0.5) is 5.69 Å². The fourth-order valence-corrected chi connectivity index (χ4v) is 2.35. The van der Waals surface area contributed by atoms with Gasteiger partial charge in [0.05, 0.1) is 5.69 Å². The summed E-state index contributed by atoms with van der Waals surface area (Å²) in [7, 11) is 0. The van der Waals surface area contributed by atoms with E-state index >= 15 is 0 Å². The first-order chi connectivity index (χ1) is 9.58. The molecule has 1 aromatic carbocycles. The lowest BCUT2D eigenvalue weighted by Gasteiger charge is -2.08. The summed E-state index contributed by atoms with van der Waals surface area (Å²) in [6.45, 7) is 6.36. The molecule has 0 aliphatic rings. The van der Waals surface area contributed by atoms with Gasteiger partial charge in [-0.2, -0.15) is 0 Å². The van der Waals surface area contributed by atoms with Crippen molar-refractivity contribution in [3.05, 3.63) is 47.7 Å². The maximum Gasteiger partial charge on any atom is 0.168 e. The molecular weight excluding hydrogens is 248 g/mol. The molecule has 0 saturated carbocycles. The van der Waals surface area contributed by atoms with Gasteiger partial charge in [-0.25, -0.2) is 0 Å². The number of hydrogen-bond acceptors (Lipinski definition) is 3. The number of nitrogen functional groups attached to an aromatic ring is 1. The van der Waals surface area contributed by atoms with E-state index in [1.807, 2.05) is 23.5 Å². The number of aromatic nitrogens is 3. The van der Waals surface area contributed by atoms with Crippen molar-refractivity contribution in [2.75, 3.05) is 5.73 Å². The second-order valence-electron chi connectivity index (χ2n) is 5.37. The van der Waals surface area contributed by atoms with Crippen LogP contribution in [0.3, 0.4) is 0 Å². The van der Waals surface area contributed by atoms with Gasteiger partial charge in [-0.05, 0) is 30.5 Å². The topological polar surface area (TPSA) is 56.2 Å². The van der Waals surface area contributed by atoms with E-state index in [9.17, 15) is 0 Å². The lowest BCUT2D eigenvalue weighted by Crippen LogP contribution is -1.99. The van der Waals surface area contributed by atoms with Crippen LogP contribution in [0.1, 0.15) is 31.0 Å². The van der Waals surface area contributed by atoms with Crippen LogP contribution in [0.2, 0.25) is 0 Å². The van der Waals surface area contributed by atoms with Gasteiger partial charge in [-0.1, -0.05) is 38.1 Å². The van der Waals surface area contributed by atoms with E-state index < -0.39 is 0 Å². The molecule has 0 radical (unpaired) electrons. The van der Waals surface area contributed by atoms with E-state index in [-0.39, 0.29) is 0 Å². The van der Waals surface area contributed by atoms with Gasteiger partial charge in [0.25, 0.3) is 0 Å². The molecule has 0 unspecified atom stereocenters. The van der Waals surface area contributed by atoms with Crippen LogP contribution in [0.15, 0.2) is 36.4 Å². The van der Waals surface area contributed by atoms with Crippen molar-refractivity contribution >= 4 is 11.3 Å². The second kappa shape index (κ2) is 4.63. The molecule has 102 valence electrons. The fourth-order valence-electron chi connectivity index (χ4n) is 2.35. The van der Waals surface area contributed by atoms with Crippen molar-refractivity contribution < 1.29 is 0 Å². The van der Waals surface area contributed by atoms with E-state index in [0.717, 1.165) is 28.4 Å². The van der Waals surface area contributed by atoms with Gasteiger partial charge in [0.15, 0.2) is 11.5 Å². The fraction of sp³-hybridized carbons (Fsp3) is 0.250. The Hall–Kier alpha value is -2.36. The Morgan fingerprint density at radius 2 is 1.70 bits per heavy atom. The lowest BCUT2D eigenvalue weighted by molar-refractivity contribution is 0.866. The number of nitrogens with two attached hydrogens (primary N) is 1. The summed E-state index contributed by atoms with van der Waals surface area (Å²) < 4.78 is 2.00. The SMILES string of the molecule is Cc1c(N)ccc2nnc(-c3ccc(C(C)C)cc3)n12. The maximum atomic E-state index is 5.98. The number of rotatable bonds is 2. The highest BCUT2D eigenvalue weighted by Crippen LogP contribution is 2.24. The van der Waals surface area contributed by atoms with Gasteiger partial charge in [-0.15, -0.1) is 10.2 Å². The zero-order chi connectivity index (χ0) is 14.3. The van der Waals surface area contributed by atoms with Crippen molar-refractivity contribution in [1.82, 2.24) is 14.6 Å². The predicted molar refractivity (Wildman–Crippen MR) is 81.7 cm³/mol. The Labute approximate surface area is 118 Å². The maximum absolute atomic E-state index is 5.98. The molecule has 2 heterocycles. The van der Waals surface area contributed by atoms with Gasteiger partial charge < -0.3 is 5.73 Å². The van der Waals surface area contributed by atoms with Gasteiger partial charge >= 0.3 is 0 Å². The highest BCUT2D eigenvalue weighted by molar-refractivity contribution is 5.63. The van der Waals surface area contributed by atoms with Crippen molar-refractivity contribution in [3.8, 4) is 11.4 Å². The minimum absolute atomic E-state index is 0.525. The molecular formula is C16H18N4. The summed E-state index contributed by atoms with van der Waals surface area (Å²) in [5.74, 6) is 1.36. The smallest absolute Gasteiger partial charge is 0.168 e. The molecule has 0 saturated heterocycles. The predicted octanol–water partition coefficient (Wildman–Crippen LogP) is 3.41. The van der Waals surface area contributed by atoms with Crippen molar-refractivity contribution in [2.45, 2.75) is 26.7 Å². The third kappa shape index (κ3) is 1.93. The van der Waals surface area contributed by atoms with Gasteiger partial charge in [0.2, 0.25) is 0 Å². The first kappa shape index (κ1) is 12.7. The number of benzene rings is 1. The van der Waals surface area contributed by atoms with Crippen molar-refractivity contribution in [2.24, 2.45) is 0 Å².